The number of thiazole rings is 1. The number of sulfone groups is 1. The molecule has 0 fully saturated rings. The van der Waals surface area contributed by atoms with Gasteiger partial charge in [-0.2, -0.15) is 4.99 Å². The van der Waals surface area contributed by atoms with Gasteiger partial charge in [-0.05, 0) is 43.0 Å². The number of rotatable bonds is 8. The SMILES string of the molecule is C=CCn1c(=NC(=O)CS(=O)(=O)CC(=O)Nc2sc3c(c2C(=O)OC)CCC3)sc2cc(Cl)ccc21. The topological polar surface area (TPSA) is 124 Å². The number of aromatic nitrogens is 1. The predicted molar refractivity (Wildman–Crippen MR) is 141 cm³/mol. The van der Waals surface area contributed by atoms with Gasteiger partial charge in [0.15, 0.2) is 14.6 Å². The van der Waals surface area contributed by atoms with Crippen molar-refractivity contribution in [3.63, 3.8) is 0 Å². The number of aryl methyl sites for hydroxylation is 1. The second-order valence-corrected chi connectivity index (χ2v) is 12.7. The Morgan fingerprint density at radius 2 is 2.03 bits per heavy atom. The van der Waals surface area contributed by atoms with Gasteiger partial charge in [-0.25, -0.2) is 13.2 Å². The van der Waals surface area contributed by atoms with E-state index in [2.05, 4.69) is 16.9 Å². The number of anilines is 1. The van der Waals surface area contributed by atoms with E-state index >= 15 is 0 Å². The molecule has 1 aliphatic rings. The summed E-state index contributed by atoms with van der Waals surface area (Å²) >= 11 is 8.48. The predicted octanol–water partition coefficient (Wildman–Crippen LogP) is 3.36. The van der Waals surface area contributed by atoms with E-state index in [1.807, 2.05) is 0 Å². The van der Waals surface area contributed by atoms with Crippen LogP contribution in [0.3, 0.4) is 0 Å². The summed E-state index contributed by atoms with van der Waals surface area (Å²) in [5, 5.41) is 3.30. The molecule has 1 N–H and O–H groups in total. The Morgan fingerprint density at radius 3 is 2.75 bits per heavy atom. The maximum Gasteiger partial charge on any atom is 0.341 e. The monoisotopic (exact) mass is 567 g/mol. The number of nitrogens with one attached hydrogen (secondary N) is 1. The highest BCUT2D eigenvalue weighted by Gasteiger charge is 2.29. The Labute approximate surface area is 220 Å². The largest absolute Gasteiger partial charge is 0.465 e. The van der Waals surface area contributed by atoms with Crippen molar-refractivity contribution >= 4 is 77.1 Å². The molecular formula is C23H22ClN3O6S3. The first kappa shape index (κ1) is 26.3. The molecular weight excluding hydrogens is 546 g/mol. The molecule has 2 amide bonds. The van der Waals surface area contributed by atoms with Crippen LogP contribution in [0.4, 0.5) is 5.00 Å². The molecule has 0 unspecified atom stereocenters. The van der Waals surface area contributed by atoms with Crippen molar-refractivity contribution in [3.05, 3.63) is 56.7 Å². The van der Waals surface area contributed by atoms with Crippen molar-refractivity contribution in [2.75, 3.05) is 23.9 Å². The van der Waals surface area contributed by atoms with Gasteiger partial charge in [0.25, 0.3) is 5.91 Å². The standard InChI is InChI=1S/C23H22ClN3O6S3/c1-3-9-27-15-8-7-13(24)10-17(15)35-23(27)26-19(29)12-36(31,32)11-18(28)25-21-20(22(30)33-2)14-5-4-6-16(14)34-21/h3,7-8,10H,1,4-6,9,11-12H2,2H3,(H,25,28). The molecule has 0 saturated heterocycles. The Balaban J connectivity index is 1.50. The molecule has 2 heterocycles. The Morgan fingerprint density at radius 1 is 1.25 bits per heavy atom. The molecule has 4 rings (SSSR count). The zero-order chi connectivity index (χ0) is 26.0. The van der Waals surface area contributed by atoms with Crippen LogP contribution in [0.2, 0.25) is 5.02 Å². The number of thiophene rings is 1. The van der Waals surface area contributed by atoms with E-state index in [1.165, 1.54) is 29.8 Å². The zero-order valence-corrected chi connectivity index (χ0v) is 22.4. The fourth-order valence-electron chi connectivity index (χ4n) is 3.99. The number of carbonyl (C=O) groups is 3. The molecule has 2 aromatic heterocycles. The summed E-state index contributed by atoms with van der Waals surface area (Å²) in [4.78, 5) is 42.6. The lowest BCUT2D eigenvalue weighted by Crippen LogP contribution is -2.28. The average molecular weight is 568 g/mol. The number of methoxy groups -OCH3 is 1. The fraction of sp³-hybridized carbons (Fsp3) is 0.304. The quantitative estimate of drug-likeness (QED) is 0.329. The first-order valence-corrected chi connectivity index (χ1v) is 14.7. The number of nitrogens with zero attached hydrogens (tertiary/aromatic N) is 2. The van der Waals surface area contributed by atoms with Gasteiger partial charge in [0.05, 0.1) is 22.9 Å². The molecule has 1 aromatic carbocycles. The second-order valence-electron chi connectivity index (χ2n) is 8.03. The van der Waals surface area contributed by atoms with E-state index in [1.54, 1.807) is 28.8 Å². The van der Waals surface area contributed by atoms with Crippen molar-refractivity contribution in [1.82, 2.24) is 4.57 Å². The number of fused-ring (bicyclic) bond motifs is 2. The lowest BCUT2D eigenvalue weighted by molar-refractivity contribution is -0.115. The highest BCUT2D eigenvalue weighted by Crippen LogP contribution is 2.39. The van der Waals surface area contributed by atoms with Crippen LogP contribution in [0.5, 0.6) is 0 Å². The van der Waals surface area contributed by atoms with E-state index in [9.17, 15) is 22.8 Å². The summed E-state index contributed by atoms with van der Waals surface area (Å²) in [7, 11) is -2.88. The molecule has 190 valence electrons. The molecule has 1 aliphatic carbocycles. The van der Waals surface area contributed by atoms with Crippen LogP contribution in [0, 0.1) is 0 Å². The van der Waals surface area contributed by atoms with Gasteiger partial charge in [-0.1, -0.05) is 29.0 Å². The number of esters is 1. The van der Waals surface area contributed by atoms with Gasteiger partial charge in [0.1, 0.15) is 16.5 Å². The van der Waals surface area contributed by atoms with Crippen molar-refractivity contribution < 1.29 is 27.5 Å². The third-order valence-electron chi connectivity index (χ3n) is 5.43. The number of hydrogen-bond donors (Lipinski definition) is 1. The highest BCUT2D eigenvalue weighted by atomic mass is 35.5. The summed E-state index contributed by atoms with van der Waals surface area (Å²) in [5.41, 5.74) is 1.88. The van der Waals surface area contributed by atoms with Crippen LogP contribution >= 0.6 is 34.3 Å². The van der Waals surface area contributed by atoms with Crippen molar-refractivity contribution in [2.24, 2.45) is 4.99 Å². The Bertz CT molecular complexity index is 1570. The first-order chi connectivity index (χ1) is 17.1. The van der Waals surface area contributed by atoms with Crippen LogP contribution < -0.4 is 10.1 Å². The zero-order valence-electron chi connectivity index (χ0n) is 19.2. The molecule has 0 aliphatic heterocycles. The normalized spacial score (nSPS) is 13.6. The van der Waals surface area contributed by atoms with Crippen LogP contribution in [0.25, 0.3) is 10.2 Å². The second kappa shape index (κ2) is 10.7. The summed E-state index contributed by atoms with van der Waals surface area (Å²) in [6, 6.07) is 5.22. The van der Waals surface area contributed by atoms with E-state index in [-0.39, 0.29) is 10.6 Å². The van der Waals surface area contributed by atoms with Crippen molar-refractivity contribution in [1.29, 1.82) is 0 Å². The molecule has 36 heavy (non-hydrogen) atoms. The van der Waals surface area contributed by atoms with Crippen LogP contribution in [-0.4, -0.2) is 49.4 Å². The third-order valence-corrected chi connectivity index (χ3v) is 9.31. The molecule has 9 nitrogen and oxygen atoms in total. The van der Waals surface area contributed by atoms with Crippen molar-refractivity contribution in [2.45, 2.75) is 25.8 Å². The number of carbonyl (C=O) groups excluding carboxylic acids is 3. The Kier molecular flexibility index (Phi) is 7.79. The third kappa shape index (κ3) is 5.61. The van der Waals surface area contributed by atoms with Crippen LogP contribution in [0.15, 0.2) is 35.8 Å². The highest BCUT2D eigenvalue weighted by molar-refractivity contribution is 7.92. The molecule has 0 radical (unpaired) electrons. The van der Waals surface area contributed by atoms with Crippen LogP contribution in [-0.2, 0) is 43.5 Å². The average Bonchev–Trinajstić information content (AvgIpc) is 3.45. The van der Waals surface area contributed by atoms with Gasteiger partial charge in [-0.3, -0.25) is 9.59 Å². The molecule has 13 heteroatoms. The fourth-order valence-corrected chi connectivity index (χ4v) is 7.63. The van der Waals surface area contributed by atoms with Gasteiger partial charge in [0.2, 0.25) is 5.91 Å². The minimum Gasteiger partial charge on any atom is -0.465 e. The lowest BCUT2D eigenvalue weighted by Gasteiger charge is -2.07. The number of hydrogen-bond acceptors (Lipinski definition) is 8. The number of ether oxygens (including phenoxy) is 1. The Hall–Kier alpha value is -2.80. The van der Waals surface area contributed by atoms with Crippen molar-refractivity contribution in [3.8, 4) is 0 Å². The maximum atomic E-state index is 12.6. The van der Waals surface area contributed by atoms with E-state index in [0.717, 1.165) is 33.5 Å². The molecule has 3 aromatic rings. The molecule has 0 spiro atoms. The minimum absolute atomic E-state index is 0.261. The number of halogens is 1. The first-order valence-electron chi connectivity index (χ1n) is 10.8. The van der Waals surface area contributed by atoms with Crippen LogP contribution in [0.1, 0.15) is 27.2 Å². The number of benzene rings is 1. The maximum absolute atomic E-state index is 12.6. The number of amides is 2. The van der Waals surface area contributed by atoms with Gasteiger partial charge in [-0.15, -0.1) is 17.9 Å². The summed E-state index contributed by atoms with van der Waals surface area (Å²) in [6.07, 6.45) is 4.01. The van der Waals surface area contributed by atoms with E-state index in [4.69, 9.17) is 16.3 Å². The van der Waals surface area contributed by atoms with Gasteiger partial charge >= 0.3 is 5.97 Å². The molecule has 0 saturated carbocycles. The summed E-state index contributed by atoms with van der Waals surface area (Å²) < 4.78 is 32.6. The summed E-state index contributed by atoms with van der Waals surface area (Å²) in [6.45, 7) is 4.07. The van der Waals surface area contributed by atoms with E-state index < -0.39 is 39.1 Å². The minimum atomic E-state index is -4.13. The lowest BCUT2D eigenvalue weighted by atomic mass is 10.1. The smallest absolute Gasteiger partial charge is 0.341 e. The molecule has 0 bridgehead atoms. The van der Waals surface area contributed by atoms with Gasteiger partial charge in [0, 0.05) is 16.4 Å². The summed E-state index contributed by atoms with van der Waals surface area (Å²) in [5.74, 6) is -4.19. The molecule has 0 atom stereocenters. The number of allylic oxidation sites excluding steroid dienone is 1. The van der Waals surface area contributed by atoms with Gasteiger partial charge < -0.3 is 14.6 Å². The van der Waals surface area contributed by atoms with E-state index in [0.29, 0.717) is 22.8 Å².